The quantitative estimate of drug-likeness (QED) is 0.870. The van der Waals surface area contributed by atoms with E-state index < -0.39 is 0 Å². The van der Waals surface area contributed by atoms with Gasteiger partial charge in [0.25, 0.3) is 0 Å². The zero-order valence-electron chi connectivity index (χ0n) is 12.4. The summed E-state index contributed by atoms with van der Waals surface area (Å²) in [7, 11) is 0. The molecule has 1 fully saturated rings. The first-order valence-corrected chi connectivity index (χ1v) is 7.64. The average molecular weight is 298 g/mol. The van der Waals surface area contributed by atoms with Crippen LogP contribution in [0.1, 0.15) is 37.8 Å². The molecule has 0 saturated heterocycles. The van der Waals surface area contributed by atoms with Gasteiger partial charge in [0.2, 0.25) is 5.89 Å². The van der Waals surface area contributed by atoms with E-state index in [1.807, 2.05) is 0 Å². The maximum atomic E-state index is 13.2. The maximum absolute atomic E-state index is 13.2. The average Bonchev–Trinajstić information content (AvgIpc) is 3.03. The zero-order chi connectivity index (χ0) is 15.4. The van der Waals surface area contributed by atoms with Crippen LogP contribution in [0.15, 0.2) is 34.9 Å². The third kappa shape index (κ3) is 3.20. The van der Waals surface area contributed by atoms with Gasteiger partial charge in [0.05, 0.1) is 11.2 Å². The van der Waals surface area contributed by atoms with Gasteiger partial charge < -0.3 is 4.42 Å². The molecule has 1 heterocycles. The molecule has 1 N–H and O–H groups in total. The number of terminal acetylenes is 1. The van der Waals surface area contributed by atoms with Crippen LogP contribution in [0.4, 0.5) is 4.39 Å². The fraction of sp³-hybridized carbons (Fsp3) is 0.389. The lowest BCUT2D eigenvalue weighted by Gasteiger charge is -2.33. The highest BCUT2D eigenvalue weighted by molar-refractivity contribution is 5.52. The topological polar surface area (TPSA) is 38.1 Å². The molecule has 1 aliphatic rings. The number of benzene rings is 1. The largest absolute Gasteiger partial charge is 0.444 e. The summed E-state index contributed by atoms with van der Waals surface area (Å²) in [4.78, 5) is 4.41. The van der Waals surface area contributed by atoms with Gasteiger partial charge in [0, 0.05) is 12.1 Å². The number of nitrogens with one attached hydrogen (secondary N) is 1. The summed E-state index contributed by atoms with van der Waals surface area (Å²) in [5.41, 5.74) is 1.19. The molecule has 0 aliphatic heterocycles. The van der Waals surface area contributed by atoms with Gasteiger partial charge in [-0.15, -0.1) is 6.42 Å². The Bertz CT molecular complexity index is 680. The number of nitrogens with zero attached hydrogens (tertiary/aromatic N) is 1. The highest BCUT2D eigenvalue weighted by Crippen LogP contribution is 2.28. The predicted octanol–water partition coefficient (Wildman–Crippen LogP) is 3.91. The van der Waals surface area contributed by atoms with E-state index in [1.54, 1.807) is 18.4 Å². The minimum atomic E-state index is -0.302. The minimum absolute atomic E-state index is 0.226. The number of rotatable bonds is 4. The molecule has 0 bridgehead atoms. The second-order valence-electron chi connectivity index (χ2n) is 5.80. The predicted molar refractivity (Wildman–Crippen MR) is 83.4 cm³/mol. The molecule has 0 spiro atoms. The van der Waals surface area contributed by atoms with Crippen LogP contribution < -0.4 is 5.32 Å². The first kappa shape index (κ1) is 14.8. The van der Waals surface area contributed by atoms with Crippen molar-refractivity contribution < 1.29 is 8.81 Å². The SMILES string of the molecule is C#CC1(NCc2coc(-c3cccc(F)c3)n2)CCCCC1. The van der Waals surface area contributed by atoms with Crippen molar-refractivity contribution in [3.63, 3.8) is 0 Å². The van der Waals surface area contributed by atoms with Crippen LogP contribution in [-0.2, 0) is 6.54 Å². The molecule has 0 radical (unpaired) electrons. The Labute approximate surface area is 129 Å². The van der Waals surface area contributed by atoms with Gasteiger partial charge in [-0.2, -0.15) is 0 Å². The van der Waals surface area contributed by atoms with Crippen molar-refractivity contribution in [3.8, 4) is 23.8 Å². The fourth-order valence-electron chi connectivity index (χ4n) is 2.93. The van der Waals surface area contributed by atoms with E-state index in [0.29, 0.717) is 18.0 Å². The van der Waals surface area contributed by atoms with Gasteiger partial charge in [0.1, 0.15) is 12.1 Å². The minimum Gasteiger partial charge on any atom is -0.444 e. The molecule has 1 saturated carbocycles. The lowest BCUT2D eigenvalue weighted by Crippen LogP contribution is -2.45. The summed E-state index contributed by atoms with van der Waals surface area (Å²) >= 11 is 0. The highest BCUT2D eigenvalue weighted by Gasteiger charge is 2.29. The lowest BCUT2D eigenvalue weighted by atomic mass is 9.82. The third-order valence-electron chi connectivity index (χ3n) is 4.21. The van der Waals surface area contributed by atoms with Crippen LogP contribution in [0.3, 0.4) is 0 Å². The molecule has 3 nitrogen and oxygen atoms in total. The number of halogens is 1. The van der Waals surface area contributed by atoms with E-state index in [4.69, 9.17) is 10.8 Å². The molecule has 114 valence electrons. The second-order valence-corrected chi connectivity index (χ2v) is 5.80. The van der Waals surface area contributed by atoms with Gasteiger partial charge in [-0.05, 0) is 31.0 Å². The van der Waals surface area contributed by atoms with E-state index in [1.165, 1.54) is 18.6 Å². The van der Waals surface area contributed by atoms with Crippen LogP contribution in [0.2, 0.25) is 0 Å². The van der Waals surface area contributed by atoms with Gasteiger partial charge in [-0.25, -0.2) is 9.37 Å². The van der Waals surface area contributed by atoms with Crippen molar-refractivity contribution >= 4 is 0 Å². The molecular formula is C18H19FN2O. The summed E-state index contributed by atoms with van der Waals surface area (Å²) in [6.45, 7) is 0.559. The summed E-state index contributed by atoms with van der Waals surface area (Å²) < 4.78 is 18.7. The van der Waals surface area contributed by atoms with Crippen LogP contribution in [0.5, 0.6) is 0 Å². The molecular weight excluding hydrogens is 279 g/mol. The zero-order valence-corrected chi connectivity index (χ0v) is 12.4. The highest BCUT2D eigenvalue weighted by atomic mass is 19.1. The Balaban J connectivity index is 1.68. The van der Waals surface area contributed by atoms with Crippen LogP contribution in [-0.4, -0.2) is 10.5 Å². The first-order valence-electron chi connectivity index (χ1n) is 7.64. The standard InChI is InChI=1S/C18H19FN2O/c1-2-18(9-4-3-5-10-18)20-12-16-13-22-17(21-16)14-7-6-8-15(19)11-14/h1,6-8,11,13,20H,3-5,9-10,12H2. The van der Waals surface area contributed by atoms with E-state index in [9.17, 15) is 4.39 Å². The van der Waals surface area contributed by atoms with Crippen LogP contribution in [0, 0.1) is 18.2 Å². The normalized spacial score (nSPS) is 17.1. The number of hydrogen-bond donors (Lipinski definition) is 1. The van der Waals surface area contributed by atoms with Gasteiger partial charge in [-0.1, -0.05) is 31.2 Å². The number of hydrogen-bond acceptors (Lipinski definition) is 3. The van der Waals surface area contributed by atoms with Crippen molar-refractivity contribution in [2.75, 3.05) is 0 Å². The Morgan fingerprint density at radius 3 is 2.86 bits per heavy atom. The van der Waals surface area contributed by atoms with Gasteiger partial charge in [0.15, 0.2) is 0 Å². The molecule has 22 heavy (non-hydrogen) atoms. The Morgan fingerprint density at radius 1 is 1.32 bits per heavy atom. The van der Waals surface area contributed by atoms with Crippen molar-refractivity contribution in [2.24, 2.45) is 0 Å². The lowest BCUT2D eigenvalue weighted by molar-refractivity contribution is 0.298. The first-order chi connectivity index (χ1) is 10.7. The molecule has 0 amide bonds. The molecule has 1 aromatic heterocycles. The van der Waals surface area contributed by atoms with Crippen molar-refractivity contribution in [3.05, 3.63) is 42.0 Å². The second kappa shape index (κ2) is 6.33. The summed E-state index contributed by atoms with van der Waals surface area (Å²) in [5.74, 6) is 3.04. The van der Waals surface area contributed by atoms with E-state index >= 15 is 0 Å². The van der Waals surface area contributed by atoms with Gasteiger partial charge in [-0.3, -0.25) is 5.32 Å². The van der Waals surface area contributed by atoms with E-state index in [0.717, 1.165) is 31.4 Å². The maximum Gasteiger partial charge on any atom is 0.226 e. The van der Waals surface area contributed by atoms with Crippen molar-refractivity contribution in [1.82, 2.24) is 10.3 Å². The number of oxazole rings is 1. The molecule has 3 rings (SSSR count). The van der Waals surface area contributed by atoms with Crippen molar-refractivity contribution in [1.29, 1.82) is 0 Å². The monoisotopic (exact) mass is 298 g/mol. The fourth-order valence-corrected chi connectivity index (χ4v) is 2.93. The smallest absolute Gasteiger partial charge is 0.226 e. The Hall–Kier alpha value is -2.12. The Kier molecular flexibility index (Phi) is 4.26. The van der Waals surface area contributed by atoms with E-state index in [-0.39, 0.29) is 11.4 Å². The molecule has 0 unspecified atom stereocenters. The molecule has 4 heteroatoms. The van der Waals surface area contributed by atoms with E-state index in [2.05, 4.69) is 16.2 Å². The molecule has 0 atom stereocenters. The summed E-state index contributed by atoms with van der Waals surface area (Å²) in [6.07, 6.45) is 12.9. The van der Waals surface area contributed by atoms with Crippen LogP contribution >= 0.6 is 0 Å². The van der Waals surface area contributed by atoms with Gasteiger partial charge >= 0.3 is 0 Å². The third-order valence-corrected chi connectivity index (χ3v) is 4.21. The van der Waals surface area contributed by atoms with Crippen molar-refractivity contribution in [2.45, 2.75) is 44.2 Å². The molecule has 1 aliphatic carbocycles. The summed E-state index contributed by atoms with van der Waals surface area (Å²) in [5, 5.41) is 3.44. The van der Waals surface area contributed by atoms with Crippen LogP contribution in [0.25, 0.3) is 11.5 Å². The number of aromatic nitrogens is 1. The molecule has 2 aromatic rings. The Morgan fingerprint density at radius 2 is 2.14 bits per heavy atom. The summed E-state index contributed by atoms with van der Waals surface area (Å²) in [6, 6.07) is 6.22. The molecule has 1 aromatic carbocycles.